The minimum absolute atomic E-state index is 0. The second-order valence-corrected chi connectivity index (χ2v) is 12.7. The Hall–Kier alpha value is 1.58. The molecule has 0 aromatic carbocycles. The van der Waals surface area contributed by atoms with Crippen molar-refractivity contribution in [2.75, 3.05) is 92.0 Å². The molecule has 8 nitrogen and oxygen atoms in total. The maximum absolute atomic E-state index is 5.39. The molecule has 14 heteroatoms. The number of hydrogen-bond acceptors (Lipinski definition) is 6. The third-order valence-corrected chi connectivity index (χ3v) is 9.77. The van der Waals surface area contributed by atoms with Crippen LogP contribution < -0.4 is 62.5 Å². The molecule has 6 fully saturated rings. The van der Waals surface area contributed by atoms with Crippen LogP contribution in [0.3, 0.4) is 0 Å². The van der Waals surface area contributed by atoms with Crippen molar-refractivity contribution < 1.29 is 99.4 Å². The van der Waals surface area contributed by atoms with E-state index in [1.54, 1.807) is 0 Å². The van der Waals surface area contributed by atoms with Crippen molar-refractivity contribution >= 4 is 13.5 Å². The average molecular weight is 663 g/mol. The number of quaternary nitrogens is 2. The smallest absolute Gasteiger partial charge is 1.00 e. The molecule has 4 bridgehead atoms. The van der Waals surface area contributed by atoms with Crippen molar-refractivity contribution in [1.29, 1.82) is 0 Å². The molecule has 6 heterocycles. The molecule has 6 rings (SSSR count). The first-order chi connectivity index (χ1) is 17.7. The largest absolute Gasteiger partial charge is 1.00 e. The van der Waals surface area contributed by atoms with Crippen LogP contribution in [-0.4, -0.2) is 114 Å². The molecule has 6 saturated heterocycles. The van der Waals surface area contributed by atoms with Gasteiger partial charge in [-0.3, -0.25) is 0 Å². The number of hydrogen-bond donors (Lipinski definition) is 0. The van der Waals surface area contributed by atoms with E-state index < -0.39 is 13.5 Å². The van der Waals surface area contributed by atoms with Crippen LogP contribution in [0.4, 0.5) is 0 Å². The fourth-order valence-electron chi connectivity index (χ4n) is 5.34. The molecule has 0 unspecified atom stereocenters. The summed E-state index contributed by atoms with van der Waals surface area (Å²) in [6, 6.07) is 0. The maximum atomic E-state index is 5.39. The van der Waals surface area contributed by atoms with Gasteiger partial charge in [0.25, 0.3) is 0 Å². The Morgan fingerprint density at radius 3 is 0.636 bits per heavy atom. The molecule has 0 aromatic rings. The predicted molar refractivity (Wildman–Crippen MR) is 173 cm³/mol. The standard InChI is InChI=1S/2C8H20N.2C6H12BO3.2CH4.2ClH.2Li/c2*1-5-9(6-2,7-3)8-4;2*1-6-3-8-7(2,9-4-6)10-5-6;;;;;;/h2*5-8H2,1-4H3;2*3-5H2,1-2H3;2*1H4;2*1H;;/q2*+1;2*-1;;;;;2*+1/p-2. The van der Waals surface area contributed by atoms with E-state index in [9.17, 15) is 0 Å². The van der Waals surface area contributed by atoms with Crippen LogP contribution in [0.2, 0.25) is 13.6 Å². The first-order valence-electron chi connectivity index (χ1n) is 15.6. The van der Waals surface area contributed by atoms with Gasteiger partial charge in [0.05, 0.1) is 52.4 Å². The van der Waals surface area contributed by atoms with E-state index in [0.717, 1.165) is 39.6 Å². The van der Waals surface area contributed by atoms with E-state index in [-0.39, 0.29) is 88.2 Å². The summed E-state index contributed by atoms with van der Waals surface area (Å²) in [5.74, 6) is 0. The maximum Gasteiger partial charge on any atom is 1.00 e. The van der Waals surface area contributed by atoms with Gasteiger partial charge in [-0.2, -0.15) is 0 Å². The van der Waals surface area contributed by atoms with Crippen molar-refractivity contribution in [3.63, 3.8) is 0 Å². The summed E-state index contributed by atoms with van der Waals surface area (Å²) in [6.07, 6.45) is 0. The number of rotatable bonds is 8. The Morgan fingerprint density at radius 1 is 0.432 bits per heavy atom. The fraction of sp³-hybridized carbons (Fsp3) is 1.00. The van der Waals surface area contributed by atoms with Crippen molar-refractivity contribution in [2.24, 2.45) is 10.8 Å². The summed E-state index contributed by atoms with van der Waals surface area (Å²) in [4.78, 5) is 0. The van der Waals surface area contributed by atoms with Crippen molar-refractivity contribution in [3.8, 4) is 0 Å². The van der Waals surface area contributed by atoms with E-state index in [1.165, 1.54) is 61.3 Å². The molecular formula is C30H72B2Cl2Li2N2O6. The van der Waals surface area contributed by atoms with Gasteiger partial charge < -0.3 is 61.7 Å². The van der Waals surface area contributed by atoms with E-state index in [2.05, 4.69) is 69.2 Å². The van der Waals surface area contributed by atoms with E-state index in [0.29, 0.717) is 0 Å². The van der Waals surface area contributed by atoms with Crippen LogP contribution in [0.15, 0.2) is 0 Å². The van der Waals surface area contributed by atoms with E-state index >= 15 is 0 Å². The summed E-state index contributed by atoms with van der Waals surface area (Å²) in [5.41, 5.74) is 0.221. The summed E-state index contributed by atoms with van der Waals surface area (Å²) < 4.78 is 34.9. The molecule has 0 radical (unpaired) electrons. The minimum Gasteiger partial charge on any atom is -1.00 e. The topological polar surface area (TPSA) is 55.4 Å². The first kappa shape index (κ1) is 57.8. The van der Waals surface area contributed by atoms with Gasteiger partial charge in [0.2, 0.25) is 0 Å². The summed E-state index contributed by atoms with van der Waals surface area (Å²) in [6.45, 7) is 38.4. The predicted octanol–water partition coefficient (Wildman–Crippen LogP) is -5.67. The molecule has 0 saturated carbocycles. The molecule has 0 spiro atoms. The normalized spacial score (nSPS) is 29.2. The van der Waals surface area contributed by atoms with Gasteiger partial charge in [-0.1, -0.05) is 28.7 Å². The SMILES string of the molecule is C.C.CC[N+](CC)(CC)CC.CC[N+](CC)(CC)CC.C[B-]12OCC(C)(CO1)CO2.C[B-]12OCC(C)(CO1)CO2.[Cl-].[Cl-].[Li+].[Li+]. The van der Waals surface area contributed by atoms with Crippen LogP contribution in [-0.2, 0) is 27.9 Å². The summed E-state index contributed by atoms with van der Waals surface area (Å²) >= 11 is 0. The van der Waals surface area contributed by atoms with E-state index in [1.807, 2.05) is 13.6 Å². The molecular weight excluding hydrogens is 591 g/mol. The molecule has 0 aromatic heterocycles. The summed E-state index contributed by atoms with van der Waals surface area (Å²) in [7, 11) is 0. The average Bonchev–Trinajstić information content (AvgIpc) is 2.95. The monoisotopic (exact) mass is 663 g/mol. The van der Waals surface area contributed by atoms with Gasteiger partial charge in [-0.25, -0.2) is 0 Å². The van der Waals surface area contributed by atoms with Crippen LogP contribution in [0.5, 0.6) is 0 Å². The van der Waals surface area contributed by atoms with Crippen LogP contribution in [0, 0.1) is 10.8 Å². The van der Waals surface area contributed by atoms with Crippen LogP contribution in [0.1, 0.15) is 84.1 Å². The van der Waals surface area contributed by atoms with Crippen LogP contribution >= 0.6 is 0 Å². The molecule has 0 atom stereocenters. The van der Waals surface area contributed by atoms with E-state index in [4.69, 9.17) is 27.9 Å². The summed E-state index contributed by atoms with van der Waals surface area (Å²) in [5, 5.41) is 0. The van der Waals surface area contributed by atoms with Crippen molar-refractivity contribution in [1.82, 2.24) is 0 Å². The molecule has 44 heavy (non-hydrogen) atoms. The second kappa shape index (κ2) is 25.5. The Kier molecular flexibility index (Phi) is 33.6. The zero-order valence-electron chi connectivity index (χ0n) is 30.2. The zero-order valence-corrected chi connectivity index (χ0v) is 31.7. The second-order valence-electron chi connectivity index (χ2n) is 12.7. The third kappa shape index (κ3) is 17.3. The van der Waals surface area contributed by atoms with Gasteiger partial charge in [-0.15, -0.1) is 13.6 Å². The Balaban J connectivity index is -0.000000105. The molecule has 0 amide bonds. The first-order valence-corrected chi connectivity index (χ1v) is 15.6. The molecule has 6 aliphatic rings. The molecule has 0 aliphatic carbocycles. The molecule has 0 N–H and O–H groups in total. The third-order valence-electron chi connectivity index (χ3n) is 9.77. The number of fused-ring (bicyclic) bond motifs is 6. The van der Waals surface area contributed by atoms with Gasteiger partial charge >= 0.3 is 51.2 Å². The minimum atomic E-state index is -1.35. The van der Waals surface area contributed by atoms with Crippen molar-refractivity contribution in [2.45, 2.75) is 97.7 Å². The number of nitrogens with zero attached hydrogens (tertiary/aromatic N) is 2. The Labute approximate surface area is 311 Å². The van der Waals surface area contributed by atoms with Gasteiger partial charge in [-0.05, 0) is 55.4 Å². The van der Waals surface area contributed by atoms with Gasteiger partial charge in [0, 0.05) is 50.5 Å². The number of halogens is 2. The zero-order chi connectivity index (χ0) is 29.1. The quantitative estimate of drug-likeness (QED) is 0.191. The van der Waals surface area contributed by atoms with Gasteiger partial charge in [0.1, 0.15) is 0 Å². The van der Waals surface area contributed by atoms with Crippen LogP contribution in [0.25, 0.3) is 0 Å². The molecule has 6 aliphatic heterocycles. The van der Waals surface area contributed by atoms with Gasteiger partial charge in [0.15, 0.2) is 0 Å². The van der Waals surface area contributed by atoms with Crippen molar-refractivity contribution in [3.05, 3.63) is 0 Å². The Morgan fingerprint density at radius 2 is 0.568 bits per heavy atom. The molecule has 260 valence electrons. The Bertz CT molecular complexity index is 524. The fourth-order valence-corrected chi connectivity index (χ4v) is 5.34.